The molecule has 0 aliphatic rings. The van der Waals surface area contributed by atoms with E-state index in [1.807, 2.05) is 0 Å². The van der Waals surface area contributed by atoms with Gasteiger partial charge in [0.05, 0.1) is 6.54 Å². The Hall–Kier alpha value is -2.71. The molecule has 0 aromatic heterocycles. The Morgan fingerprint density at radius 3 is 2.20 bits per heavy atom. The number of aliphatic imine (C=N–C) groups is 1. The molecule has 0 N–H and O–H groups in total. The van der Waals surface area contributed by atoms with Crippen molar-refractivity contribution in [1.29, 1.82) is 0 Å². The summed E-state index contributed by atoms with van der Waals surface area (Å²) >= 11 is 0. The fraction of sp³-hybridized carbons (Fsp3) is 0.188. The van der Waals surface area contributed by atoms with Gasteiger partial charge in [0.25, 0.3) is 0 Å². The molecule has 0 saturated carbocycles. The number of halogens is 6. The van der Waals surface area contributed by atoms with E-state index in [2.05, 4.69) is 14.5 Å². The van der Waals surface area contributed by atoms with Crippen LogP contribution in [0.2, 0.25) is 0 Å². The molecule has 25 heavy (non-hydrogen) atoms. The number of hydrogen-bond donors (Lipinski definition) is 0. The highest BCUT2D eigenvalue weighted by Crippen LogP contribution is 2.26. The maximum atomic E-state index is 12.3. The van der Waals surface area contributed by atoms with Crippen molar-refractivity contribution in [2.45, 2.75) is 19.3 Å². The van der Waals surface area contributed by atoms with Crippen molar-refractivity contribution in [3.63, 3.8) is 0 Å². The van der Waals surface area contributed by atoms with Gasteiger partial charge in [-0.05, 0) is 29.8 Å². The number of hydrogen-bond acceptors (Lipinski definition) is 3. The molecule has 2 rings (SSSR count). The Balaban J connectivity index is 2.08. The molecular weight excluding hydrogens is 352 g/mol. The lowest BCUT2D eigenvalue weighted by atomic mass is 10.2. The van der Waals surface area contributed by atoms with Gasteiger partial charge in [0.2, 0.25) is 0 Å². The Kier molecular flexibility index (Phi) is 5.55. The average molecular weight is 363 g/mol. The second-order valence-corrected chi connectivity index (χ2v) is 4.75. The molecule has 0 heterocycles. The fourth-order valence-corrected chi connectivity index (χ4v) is 1.90. The highest BCUT2D eigenvalue weighted by Gasteiger charge is 2.32. The van der Waals surface area contributed by atoms with Crippen LogP contribution in [0.3, 0.4) is 0 Å². The number of alkyl halides is 6. The Bertz CT molecular complexity index is 740. The summed E-state index contributed by atoms with van der Waals surface area (Å²) in [5.74, 6) is -0.825. The van der Waals surface area contributed by atoms with E-state index in [9.17, 15) is 26.3 Å². The first kappa shape index (κ1) is 18.6. The third-order valence-corrected chi connectivity index (χ3v) is 2.78. The van der Waals surface area contributed by atoms with E-state index in [1.54, 1.807) is 0 Å². The lowest BCUT2D eigenvalue weighted by Crippen LogP contribution is -2.18. The van der Waals surface area contributed by atoms with Crippen LogP contribution in [0.4, 0.5) is 26.3 Å². The summed E-state index contributed by atoms with van der Waals surface area (Å²) < 4.78 is 81.1. The van der Waals surface area contributed by atoms with Gasteiger partial charge in [-0.2, -0.15) is 0 Å². The summed E-state index contributed by atoms with van der Waals surface area (Å²) in [7, 11) is 0. The van der Waals surface area contributed by atoms with E-state index in [0.29, 0.717) is 5.56 Å². The molecule has 2 aromatic rings. The van der Waals surface area contributed by atoms with Crippen molar-refractivity contribution in [2.24, 2.45) is 4.99 Å². The second-order valence-electron chi connectivity index (χ2n) is 4.75. The summed E-state index contributed by atoms with van der Waals surface area (Å²) in [5.41, 5.74) is 0.481. The molecule has 0 amide bonds. The molecule has 0 radical (unpaired) electrons. The van der Waals surface area contributed by atoms with E-state index in [0.717, 1.165) is 24.4 Å². The first-order valence-electron chi connectivity index (χ1n) is 6.82. The van der Waals surface area contributed by atoms with Crippen LogP contribution in [0.15, 0.2) is 53.5 Å². The maximum Gasteiger partial charge on any atom is 0.573 e. The van der Waals surface area contributed by atoms with E-state index in [4.69, 9.17) is 0 Å². The molecule has 9 heteroatoms. The van der Waals surface area contributed by atoms with Gasteiger partial charge in [-0.15, -0.1) is 26.3 Å². The minimum atomic E-state index is -4.84. The summed E-state index contributed by atoms with van der Waals surface area (Å²) in [6, 6.07) is 10.5. The fourth-order valence-electron chi connectivity index (χ4n) is 1.90. The zero-order chi connectivity index (χ0) is 18.5. The standard InChI is InChI=1S/C16H11F6NO2/c17-15(18,19)24-13-6-3-4-11(8-13)9-23-10-12-5-1-2-7-14(12)25-16(20,21)22/h1-8,10H,9H2. The van der Waals surface area contributed by atoms with Crippen LogP contribution in [0.25, 0.3) is 0 Å². The molecule has 0 aliphatic carbocycles. The van der Waals surface area contributed by atoms with Crippen LogP contribution in [0.1, 0.15) is 11.1 Å². The van der Waals surface area contributed by atoms with Crippen molar-refractivity contribution < 1.29 is 35.8 Å². The first-order valence-corrected chi connectivity index (χ1v) is 6.82. The normalized spacial score (nSPS) is 12.4. The number of rotatable bonds is 5. The molecule has 0 aliphatic heterocycles. The van der Waals surface area contributed by atoms with Crippen molar-refractivity contribution in [2.75, 3.05) is 0 Å². The zero-order valence-electron chi connectivity index (χ0n) is 12.4. The van der Waals surface area contributed by atoms with Gasteiger partial charge in [0.1, 0.15) is 11.5 Å². The van der Waals surface area contributed by atoms with Crippen molar-refractivity contribution in [3.8, 4) is 11.5 Å². The van der Waals surface area contributed by atoms with E-state index < -0.39 is 24.2 Å². The topological polar surface area (TPSA) is 30.8 Å². The summed E-state index contributed by atoms with van der Waals surface area (Å²) in [5, 5.41) is 0. The van der Waals surface area contributed by atoms with Crippen molar-refractivity contribution in [1.82, 2.24) is 0 Å². The van der Waals surface area contributed by atoms with E-state index in [-0.39, 0.29) is 12.1 Å². The predicted molar refractivity (Wildman–Crippen MR) is 77.5 cm³/mol. The molecule has 0 spiro atoms. The summed E-state index contributed by atoms with van der Waals surface area (Å²) in [6.07, 6.45) is -8.50. The summed E-state index contributed by atoms with van der Waals surface area (Å²) in [6.45, 7) is -0.0462. The van der Waals surface area contributed by atoms with Crippen LogP contribution in [-0.4, -0.2) is 18.9 Å². The molecule has 0 fully saturated rings. The largest absolute Gasteiger partial charge is 0.573 e. The second kappa shape index (κ2) is 7.45. The van der Waals surface area contributed by atoms with Gasteiger partial charge in [0, 0.05) is 11.8 Å². The van der Waals surface area contributed by atoms with Crippen molar-refractivity contribution >= 4 is 6.21 Å². The van der Waals surface area contributed by atoms with E-state index >= 15 is 0 Å². The Morgan fingerprint density at radius 2 is 1.52 bits per heavy atom. The van der Waals surface area contributed by atoms with E-state index in [1.165, 1.54) is 30.3 Å². The smallest absolute Gasteiger partial charge is 0.406 e. The summed E-state index contributed by atoms with van der Waals surface area (Å²) in [4.78, 5) is 3.93. The molecule has 0 bridgehead atoms. The van der Waals surface area contributed by atoms with Gasteiger partial charge in [0.15, 0.2) is 0 Å². The monoisotopic (exact) mass is 363 g/mol. The average Bonchev–Trinajstić information content (AvgIpc) is 2.46. The van der Waals surface area contributed by atoms with Gasteiger partial charge in [-0.1, -0.05) is 24.3 Å². The van der Waals surface area contributed by atoms with Crippen LogP contribution in [-0.2, 0) is 6.54 Å². The SMILES string of the molecule is FC(F)(F)Oc1cccc(CN=Cc2ccccc2OC(F)(F)F)c1. The van der Waals surface area contributed by atoms with Crippen molar-refractivity contribution in [3.05, 3.63) is 59.7 Å². The van der Waals surface area contributed by atoms with Crippen LogP contribution >= 0.6 is 0 Å². The highest BCUT2D eigenvalue weighted by molar-refractivity contribution is 5.83. The van der Waals surface area contributed by atoms with Gasteiger partial charge >= 0.3 is 12.7 Å². The van der Waals surface area contributed by atoms with Gasteiger partial charge < -0.3 is 9.47 Å². The third-order valence-electron chi connectivity index (χ3n) is 2.78. The van der Waals surface area contributed by atoms with Crippen LogP contribution < -0.4 is 9.47 Å². The van der Waals surface area contributed by atoms with Crippen LogP contribution in [0.5, 0.6) is 11.5 Å². The maximum absolute atomic E-state index is 12.3. The quantitative estimate of drug-likeness (QED) is 0.546. The minimum absolute atomic E-state index is 0.0462. The van der Waals surface area contributed by atoms with Gasteiger partial charge in [-0.25, -0.2) is 0 Å². The molecular formula is C16H11F6NO2. The molecule has 0 unspecified atom stereocenters. The minimum Gasteiger partial charge on any atom is -0.406 e. The molecule has 134 valence electrons. The number of para-hydroxylation sites is 1. The molecule has 0 atom stereocenters. The lowest BCUT2D eigenvalue weighted by Gasteiger charge is -2.11. The molecule has 3 nitrogen and oxygen atoms in total. The zero-order valence-corrected chi connectivity index (χ0v) is 12.4. The highest BCUT2D eigenvalue weighted by atomic mass is 19.4. The molecule has 2 aromatic carbocycles. The first-order chi connectivity index (χ1) is 11.6. The van der Waals surface area contributed by atoms with Gasteiger partial charge in [-0.3, -0.25) is 4.99 Å². The predicted octanol–water partition coefficient (Wildman–Crippen LogP) is 5.10. The Morgan fingerprint density at radius 1 is 0.840 bits per heavy atom. The Labute approximate surface area is 138 Å². The lowest BCUT2D eigenvalue weighted by molar-refractivity contribution is -0.275. The number of ether oxygens (including phenoxy) is 2. The number of nitrogens with zero attached hydrogens (tertiary/aromatic N) is 1. The molecule has 0 saturated heterocycles. The third kappa shape index (κ3) is 6.74. The number of benzene rings is 2. The van der Waals surface area contributed by atoms with Crippen LogP contribution in [0, 0.1) is 0 Å².